The summed E-state index contributed by atoms with van der Waals surface area (Å²) in [7, 11) is 0. The molecule has 0 spiro atoms. The minimum Gasteiger partial charge on any atom is -0.452 e. The van der Waals surface area contributed by atoms with Crippen LogP contribution in [0.1, 0.15) is 35.7 Å². The minimum absolute atomic E-state index is 0.130. The van der Waals surface area contributed by atoms with Crippen LogP contribution in [0.4, 0.5) is 0 Å². The molecular weight excluding hydrogens is 376 g/mol. The standard InChI is InChI=1S/C25H26N2O3/c1-17-9-8-14-27(15-17)22(28)16-30-25(29)23-18(2)24(19-10-4-3-5-11-19)26-21-13-7-6-12-20(21)23/h3-7,10-13,17H,8-9,14-16H2,1-2H3. The first-order chi connectivity index (χ1) is 14.5. The SMILES string of the molecule is Cc1c(-c2ccccc2)nc2ccccc2c1C(=O)OCC(=O)N1CCCC(C)C1. The lowest BCUT2D eigenvalue weighted by atomic mass is 9.98. The molecule has 1 aliphatic rings. The molecule has 2 heterocycles. The number of carbonyl (C=O) groups excluding carboxylic acids is 2. The van der Waals surface area contributed by atoms with Gasteiger partial charge >= 0.3 is 5.97 Å². The van der Waals surface area contributed by atoms with Crippen LogP contribution < -0.4 is 0 Å². The van der Waals surface area contributed by atoms with E-state index in [1.807, 2.05) is 61.5 Å². The number of para-hydroxylation sites is 1. The monoisotopic (exact) mass is 402 g/mol. The zero-order valence-electron chi connectivity index (χ0n) is 17.4. The Hall–Kier alpha value is -3.21. The van der Waals surface area contributed by atoms with Gasteiger partial charge in [-0.2, -0.15) is 0 Å². The molecule has 30 heavy (non-hydrogen) atoms. The lowest BCUT2D eigenvalue weighted by Gasteiger charge is -2.30. The number of esters is 1. The van der Waals surface area contributed by atoms with Crippen molar-refractivity contribution in [1.82, 2.24) is 9.88 Å². The van der Waals surface area contributed by atoms with E-state index in [9.17, 15) is 9.59 Å². The molecule has 1 unspecified atom stereocenters. The van der Waals surface area contributed by atoms with Gasteiger partial charge in [-0.3, -0.25) is 4.79 Å². The van der Waals surface area contributed by atoms with Gasteiger partial charge < -0.3 is 9.64 Å². The molecule has 0 aliphatic carbocycles. The Morgan fingerprint density at radius 2 is 1.83 bits per heavy atom. The number of piperidine rings is 1. The van der Waals surface area contributed by atoms with E-state index in [0.717, 1.165) is 53.7 Å². The summed E-state index contributed by atoms with van der Waals surface area (Å²) in [4.78, 5) is 32.2. The maximum absolute atomic E-state index is 13.1. The molecule has 1 fully saturated rings. The van der Waals surface area contributed by atoms with Crippen molar-refractivity contribution in [3.05, 3.63) is 65.7 Å². The summed E-state index contributed by atoms with van der Waals surface area (Å²) in [6.45, 7) is 5.25. The summed E-state index contributed by atoms with van der Waals surface area (Å²) >= 11 is 0. The molecule has 0 radical (unpaired) electrons. The predicted molar refractivity (Wildman–Crippen MR) is 117 cm³/mol. The normalized spacial score (nSPS) is 16.5. The molecule has 1 aliphatic heterocycles. The number of hydrogen-bond donors (Lipinski definition) is 0. The molecule has 0 bridgehead atoms. The van der Waals surface area contributed by atoms with Gasteiger partial charge in [0.15, 0.2) is 6.61 Å². The van der Waals surface area contributed by atoms with Gasteiger partial charge in [0.05, 0.1) is 16.8 Å². The van der Waals surface area contributed by atoms with E-state index in [-0.39, 0.29) is 12.5 Å². The quantitative estimate of drug-likeness (QED) is 0.597. The second-order valence-electron chi connectivity index (χ2n) is 8.01. The molecule has 1 saturated heterocycles. The van der Waals surface area contributed by atoms with Gasteiger partial charge in [0.1, 0.15) is 0 Å². The fourth-order valence-corrected chi connectivity index (χ4v) is 4.15. The van der Waals surface area contributed by atoms with E-state index in [1.165, 1.54) is 0 Å². The van der Waals surface area contributed by atoms with E-state index >= 15 is 0 Å². The average Bonchev–Trinajstić information content (AvgIpc) is 2.77. The van der Waals surface area contributed by atoms with Crippen molar-refractivity contribution in [2.75, 3.05) is 19.7 Å². The van der Waals surface area contributed by atoms with Crippen LogP contribution in [-0.4, -0.2) is 41.5 Å². The average molecular weight is 402 g/mol. The Morgan fingerprint density at radius 1 is 1.10 bits per heavy atom. The lowest BCUT2D eigenvalue weighted by Crippen LogP contribution is -2.41. The number of ether oxygens (including phenoxy) is 1. The zero-order chi connectivity index (χ0) is 21.1. The summed E-state index contributed by atoms with van der Waals surface area (Å²) in [5, 5.41) is 0.735. The number of rotatable bonds is 4. The van der Waals surface area contributed by atoms with Crippen molar-refractivity contribution in [2.45, 2.75) is 26.7 Å². The number of hydrogen-bond acceptors (Lipinski definition) is 4. The van der Waals surface area contributed by atoms with Crippen molar-refractivity contribution < 1.29 is 14.3 Å². The highest BCUT2D eigenvalue weighted by molar-refractivity contribution is 6.06. The highest BCUT2D eigenvalue weighted by Gasteiger charge is 2.24. The molecular formula is C25H26N2O3. The molecule has 5 nitrogen and oxygen atoms in total. The number of benzene rings is 2. The van der Waals surface area contributed by atoms with Crippen molar-refractivity contribution in [2.24, 2.45) is 5.92 Å². The van der Waals surface area contributed by atoms with Crippen LogP contribution in [0.15, 0.2) is 54.6 Å². The number of pyridine rings is 1. The van der Waals surface area contributed by atoms with Gasteiger partial charge in [0.25, 0.3) is 5.91 Å². The Kier molecular flexibility index (Phi) is 5.79. The first kappa shape index (κ1) is 20.1. The van der Waals surface area contributed by atoms with Gasteiger partial charge in [0.2, 0.25) is 0 Å². The van der Waals surface area contributed by atoms with Crippen LogP contribution in [0, 0.1) is 12.8 Å². The first-order valence-electron chi connectivity index (χ1n) is 10.4. The smallest absolute Gasteiger partial charge is 0.339 e. The number of amides is 1. The predicted octanol–water partition coefficient (Wildman–Crippen LogP) is 4.63. The van der Waals surface area contributed by atoms with Crippen molar-refractivity contribution in [3.8, 4) is 11.3 Å². The summed E-state index contributed by atoms with van der Waals surface area (Å²) in [5.41, 5.74) is 3.64. The highest BCUT2D eigenvalue weighted by atomic mass is 16.5. The third-order valence-electron chi connectivity index (χ3n) is 5.72. The largest absolute Gasteiger partial charge is 0.452 e. The number of aromatic nitrogens is 1. The maximum Gasteiger partial charge on any atom is 0.339 e. The fourth-order valence-electron chi connectivity index (χ4n) is 4.15. The Balaban J connectivity index is 1.63. The van der Waals surface area contributed by atoms with E-state index in [0.29, 0.717) is 11.5 Å². The number of fused-ring (bicyclic) bond motifs is 1. The maximum atomic E-state index is 13.1. The number of nitrogens with zero attached hydrogens (tertiary/aromatic N) is 2. The van der Waals surface area contributed by atoms with Gasteiger partial charge in [-0.1, -0.05) is 55.5 Å². The van der Waals surface area contributed by atoms with Gasteiger partial charge in [-0.25, -0.2) is 9.78 Å². The Labute approximate surface area is 176 Å². The van der Waals surface area contributed by atoms with Crippen molar-refractivity contribution in [1.29, 1.82) is 0 Å². The van der Waals surface area contributed by atoms with E-state index < -0.39 is 5.97 Å². The van der Waals surface area contributed by atoms with Crippen LogP contribution >= 0.6 is 0 Å². The van der Waals surface area contributed by atoms with E-state index in [2.05, 4.69) is 6.92 Å². The first-order valence-corrected chi connectivity index (χ1v) is 10.4. The minimum atomic E-state index is -0.485. The summed E-state index contributed by atoms with van der Waals surface area (Å²) in [6.07, 6.45) is 2.13. The third-order valence-corrected chi connectivity index (χ3v) is 5.72. The molecule has 154 valence electrons. The molecule has 0 saturated carbocycles. The van der Waals surface area contributed by atoms with E-state index in [4.69, 9.17) is 9.72 Å². The summed E-state index contributed by atoms with van der Waals surface area (Å²) in [5.74, 6) is -0.130. The van der Waals surface area contributed by atoms with Gasteiger partial charge in [-0.05, 0) is 37.3 Å². The van der Waals surface area contributed by atoms with Gasteiger partial charge in [-0.15, -0.1) is 0 Å². The molecule has 1 aromatic heterocycles. The molecule has 3 aromatic rings. The zero-order valence-corrected chi connectivity index (χ0v) is 17.4. The molecule has 0 N–H and O–H groups in total. The second kappa shape index (κ2) is 8.66. The molecule has 2 aromatic carbocycles. The highest BCUT2D eigenvalue weighted by Crippen LogP contribution is 2.30. The Morgan fingerprint density at radius 3 is 2.60 bits per heavy atom. The third kappa shape index (κ3) is 4.06. The fraction of sp³-hybridized carbons (Fsp3) is 0.320. The van der Waals surface area contributed by atoms with Crippen LogP contribution in [-0.2, 0) is 9.53 Å². The lowest BCUT2D eigenvalue weighted by molar-refractivity contribution is -0.136. The number of carbonyl (C=O) groups is 2. The van der Waals surface area contributed by atoms with Gasteiger partial charge in [0, 0.05) is 24.0 Å². The van der Waals surface area contributed by atoms with E-state index in [1.54, 1.807) is 4.90 Å². The summed E-state index contributed by atoms with van der Waals surface area (Å²) < 4.78 is 5.50. The molecule has 1 amide bonds. The van der Waals surface area contributed by atoms with Crippen LogP contribution in [0.2, 0.25) is 0 Å². The molecule has 1 atom stereocenters. The van der Waals surface area contributed by atoms with Crippen LogP contribution in [0.3, 0.4) is 0 Å². The molecule has 4 rings (SSSR count). The molecule has 5 heteroatoms. The topological polar surface area (TPSA) is 59.5 Å². The second-order valence-corrected chi connectivity index (χ2v) is 8.01. The Bertz CT molecular complexity index is 1080. The van der Waals surface area contributed by atoms with Crippen molar-refractivity contribution in [3.63, 3.8) is 0 Å². The summed E-state index contributed by atoms with van der Waals surface area (Å²) in [6, 6.07) is 17.3. The van der Waals surface area contributed by atoms with Crippen LogP contribution in [0.5, 0.6) is 0 Å². The van der Waals surface area contributed by atoms with Crippen molar-refractivity contribution >= 4 is 22.8 Å². The van der Waals surface area contributed by atoms with Crippen LogP contribution in [0.25, 0.3) is 22.2 Å². The number of likely N-dealkylation sites (tertiary alicyclic amines) is 1.